The Morgan fingerprint density at radius 2 is 1.95 bits per heavy atom. The molecule has 0 radical (unpaired) electrons. The smallest absolute Gasteiger partial charge is 0.243 e. The van der Waals surface area contributed by atoms with Crippen molar-refractivity contribution in [2.24, 2.45) is 0 Å². The van der Waals surface area contributed by atoms with Crippen LogP contribution in [0.1, 0.15) is 5.69 Å². The molecule has 2 heterocycles. The number of nitrogens with one attached hydrogen (secondary N) is 1. The summed E-state index contributed by atoms with van der Waals surface area (Å²) < 4.78 is 41.8. The molecule has 0 saturated carbocycles. The predicted molar refractivity (Wildman–Crippen MR) is 80.6 cm³/mol. The third kappa shape index (κ3) is 2.96. The van der Waals surface area contributed by atoms with E-state index in [9.17, 15) is 12.8 Å². The molecular weight excluding hydrogens is 329 g/mol. The Morgan fingerprint density at radius 3 is 2.73 bits per heavy atom. The molecule has 0 fully saturated rings. The molecule has 0 aliphatic rings. The number of benzene rings is 1. The zero-order chi connectivity index (χ0) is 15.7. The maximum atomic E-state index is 13.6. The Kier molecular flexibility index (Phi) is 3.86. The van der Waals surface area contributed by atoms with Crippen LogP contribution in [0.25, 0.3) is 5.65 Å². The van der Waals surface area contributed by atoms with Crippen molar-refractivity contribution in [2.45, 2.75) is 11.4 Å². The fourth-order valence-electron chi connectivity index (χ4n) is 2.01. The van der Waals surface area contributed by atoms with Crippen molar-refractivity contribution in [3.63, 3.8) is 0 Å². The van der Waals surface area contributed by atoms with Crippen molar-refractivity contribution in [3.05, 3.63) is 65.3 Å². The normalized spacial score (nSPS) is 11.9. The Bertz CT molecular complexity index is 940. The fourth-order valence-corrected chi connectivity index (χ4v) is 3.26. The zero-order valence-electron chi connectivity index (χ0n) is 11.2. The lowest BCUT2D eigenvalue weighted by Gasteiger charge is -2.05. The first kappa shape index (κ1) is 15.0. The van der Waals surface area contributed by atoms with E-state index in [2.05, 4.69) is 9.71 Å². The van der Waals surface area contributed by atoms with Crippen LogP contribution in [0, 0.1) is 5.82 Å². The summed E-state index contributed by atoms with van der Waals surface area (Å²) in [6.45, 7) is -0.0457. The summed E-state index contributed by atoms with van der Waals surface area (Å²) in [5, 5.41) is 0.545. The Hall–Kier alpha value is -1.96. The molecule has 0 aliphatic carbocycles. The monoisotopic (exact) mass is 339 g/mol. The molecule has 0 spiro atoms. The van der Waals surface area contributed by atoms with E-state index in [1.807, 2.05) is 0 Å². The second kappa shape index (κ2) is 5.68. The third-order valence-corrected chi connectivity index (χ3v) is 4.69. The number of imidazole rings is 1. The number of fused-ring (bicyclic) bond motifs is 1. The highest BCUT2D eigenvalue weighted by atomic mass is 35.5. The first-order valence-electron chi connectivity index (χ1n) is 6.33. The summed E-state index contributed by atoms with van der Waals surface area (Å²) >= 11 is 5.87. The van der Waals surface area contributed by atoms with E-state index >= 15 is 0 Å². The molecular formula is C14H11ClFN3O2S. The minimum absolute atomic E-state index is 0.0457. The maximum Gasteiger partial charge on any atom is 0.243 e. The van der Waals surface area contributed by atoms with Crippen LogP contribution in [-0.2, 0) is 16.6 Å². The van der Waals surface area contributed by atoms with Gasteiger partial charge in [-0.2, -0.15) is 0 Å². The van der Waals surface area contributed by atoms with Gasteiger partial charge in [0.2, 0.25) is 10.0 Å². The SMILES string of the molecule is O=S(=O)(NCc1cn2cc(Cl)ccc2n1)c1ccccc1F. The van der Waals surface area contributed by atoms with Gasteiger partial charge in [-0.3, -0.25) is 0 Å². The average Bonchev–Trinajstić information content (AvgIpc) is 2.87. The standard InChI is InChI=1S/C14H11ClFN3O2S/c15-10-5-6-14-18-11(9-19(14)8-10)7-17-22(20,21)13-4-2-1-3-12(13)16/h1-6,8-9,17H,7H2. The van der Waals surface area contributed by atoms with Gasteiger partial charge >= 0.3 is 0 Å². The van der Waals surface area contributed by atoms with Crippen LogP contribution >= 0.6 is 11.6 Å². The summed E-state index contributed by atoms with van der Waals surface area (Å²) in [6.07, 6.45) is 3.32. The molecule has 0 unspecified atom stereocenters. The molecule has 0 saturated heterocycles. The summed E-state index contributed by atoms with van der Waals surface area (Å²) in [4.78, 5) is 3.87. The Morgan fingerprint density at radius 1 is 1.18 bits per heavy atom. The highest BCUT2D eigenvalue weighted by molar-refractivity contribution is 7.89. The molecule has 0 atom stereocenters. The number of aromatic nitrogens is 2. The lowest BCUT2D eigenvalue weighted by atomic mass is 10.4. The summed E-state index contributed by atoms with van der Waals surface area (Å²) in [6, 6.07) is 8.61. The molecule has 0 aliphatic heterocycles. The van der Waals surface area contributed by atoms with E-state index in [0.29, 0.717) is 16.4 Å². The molecule has 22 heavy (non-hydrogen) atoms. The molecule has 5 nitrogen and oxygen atoms in total. The van der Waals surface area contributed by atoms with E-state index in [4.69, 9.17) is 11.6 Å². The van der Waals surface area contributed by atoms with Gasteiger partial charge in [-0.05, 0) is 24.3 Å². The van der Waals surface area contributed by atoms with Gasteiger partial charge in [0.25, 0.3) is 0 Å². The van der Waals surface area contributed by atoms with Crippen LogP contribution in [-0.4, -0.2) is 17.8 Å². The van der Waals surface area contributed by atoms with Gasteiger partial charge in [-0.15, -0.1) is 0 Å². The molecule has 1 N–H and O–H groups in total. The van der Waals surface area contributed by atoms with E-state index in [-0.39, 0.29) is 11.4 Å². The van der Waals surface area contributed by atoms with Gasteiger partial charge in [-0.25, -0.2) is 22.5 Å². The van der Waals surface area contributed by atoms with Crippen LogP contribution in [0.5, 0.6) is 0 Å². The van der Waals surface area contributed by atoms with Crippen LogP contribution < -0.4 is 4.72 Å². The van der Waals surface area contributed by atoms with Crippen molar-refractivity contribution in [1.29, 1.82) is 0 Å². The van der Waals surface area contributed by atoms with E-state index in [1.54, 1.807) is 28.9 Å². The molecule has 0 amide bonds. The summed E-state index contributed by atoms with van der Waals surface area (Å²) in [5.74, 6) is -0.795. The zero-order valence-corrected chi connectivity index (χ0v) is 12.8. The minimum atomic E-state index is -3.94. The quantitative estimate of drug-likeness (QED) is 0.794. The first-order valence-corrected chi connectivity index (χ1v) is 8.19. The Labute approximate surface area is 131 Å². The van der Waals surface area contributed by atoms with Gasteiger partial charge < -0.3 is 4.40 Å². The van der Waals surface area contributed by atoms with Crippen molar-refractivity contribution in [3.8, 4) is 0 Å². The van der Waals surface area contributed by atoms with E-state index in [1.165, 1.54) is 18.2 Å². The first-order chi connectivity index (χ1) is 10.5. The molecule has 3 rings (SSSR count). The molecule has 2 aromatic heterocycles. The van der Waals surface area contributed by atoms with Crippen LogP contribution in [0.2, 0.25) is 5.02 Å². The van der Waals surface area contributed by atoms with Crippen LogP contribution in [0.4, 0.5) is 4.39 Å². The van der Waals surface area contributed by atoms with E-state index < -0.39 is 15.8 Å². The van der Waals surface area contributed by atoms with Gasteiger partial charge in [0, 0.05) is 12.4 Å². The maximum absolute atomic E-state index is 13.6. The van der Waals surface area contributed by atoms with Crippen molar-refractivity contribution in [1.82, 2.24) is 14.1 Å². The largest absolute Gasteiger partial charge is 0.305 e. The Balaban J connectivity index is 1.83. The molecule has 1 aromatic carbocycles. The number of pyridine rings is 1. The molecule has 8 heteroatoms. The van der Waals surface area contributed by atoms with Crippen molar-refractivity contribution >= 4 is 27.3 Å². The number of hydrogen-bond donors (Lipinski definition) is 1. The number of hydrogen-bond acceptors (Lipinski definition) is 3. The topological polar surface area (TPSA) is 63.5 Å². The van der Waals surface area contributed by atoms with Crippen molar-refractivity contribution in [2.75, 3.05) is 0 Å². The van der Waals surface area contributed by atoms with Crippen LogP contribution in [0.15, 0.2) is 53.7 Å². The van der Waals surface area contributed by atoms with Crippen molar-refractivity contribution < 1.29 is 12.8 Å². The average molecular weight is 340 g/mol. The second-order valence-corrected chi connectivity index (χ2v) is 6.77. The summed E-state index contributed by atoms with van der Waals surface area (Å²) in [7, 11) is -3.94. The lowest BCUT2D eigenvalue weighted by Crippen LogP contribution is -2.24. The molecule has 114 valence electrons. The lowest BCUT2D eigenvalue weighted by molar-refractivity contribution is 0.556. The van der Waals surface area contributed by atoms with Gasteiger partial charge in [0.1, 0.15) is 16.4 Å². The van der Waals surface area contributed by atoms with Gasteiger partial charge in [-0.1, -0.05) is 23.7 Å². The number of nitrogens with zero attached hydrogens (tertiary/aromatic N) is 2. The predicted octanol–water partition coefficient (Wildman–Crippen LogP) is 2.61. The number of rotatable bonds is 4. The van der Waals surface area contributed by atoms with Gasteiger partial charge in [0.05, 0.1) is 17.3 Å². The summed E-state index contributed by atoms with van der Waals surface area (Å²) in [5.41, 5.74) is 1.15. The highest BCUT2D eigenvalue weighted by Crippen LogP contribution is 2.15. The minimum Gasteiger partial charge on any atom is -0.305 e. The number of sulfonamides is 1. The highest BCUT2D eigenvalue weighted by Gasteiger charge is 2.18. The fraction of sp³-hybridized carbons (Fsp3) is 0.0714. The third-order valence-electron chi connectivity index (χ3n) is 3.03. The van der Waals surface area contributed by atoms with Gasteiger partial charge in [0.15, 0.2) is 0 Å². The van der Waals surface area contributed by atoms with Crippen LogP contribution in [0.3, 0.4) is 0 Å². The number of halogens is 2. The second-order valence-electron chi connectivity index (χ2n) is 4.60. The molecule has 3 aromatic rings. The molecule has 0 bridgehead atoms. The van der Waals surface area contributed by atoms with E-state index in [0.717, 1.165) is 6.07 Å².